The van der Waals surface area contributed by atoms with Crippen molar-refractivity contribution in [2.45, 2.75) is 39.8 Å². The van der Waals surface area contributed by atoms with Gasteiger partial charge in [-0.1, -0.05) is 17.7 Å². The molecule has 1 unspecified atom stereocenters. The van der Waals surface area contributed by atoms with Crippen LogP contribution < -0.4 is 0 Å². The van der Waals surface area contributed by atoms with E-state index in [0.717, 1.165) is 49.6 Å². The van der Waals surface area contributed by atoms with Gasteiger partial charge in [0, 0.05) is 49.7 Å². The van der Waals surface area contributed by atoms with Crippen LogP contribution in [0, 0.1) is 6.92 Å². The molecule has 6 heteroatoms. The van der Waals surface area contributed by atoms with Gasteiger partial charge in [0.25, 0.3) is 0 Å². The van der Waals surface area contributed by atoms with Crippen LogP contribution in [0.4, 0.5) is 0 Å². The highest BCUT2D eigenvalue weighted by Gasteiger charge is 2.29. The molecular weight excluding hydrogens is 338 g/mol. The van der Waals surface area contributed by atoms with Crippen molar-refractivity contribution >= 4 is 17.5 Å². The second-order valence-corrected chi connectivity index (χ2v) is 6.95. The van der Waals surface area contributed by atoms with Crippen molar-refractivity contribution in [2.24, 2.45) is 0 Å². The number of rotatable bonds is 5. The third-order valence-electron chi connectivity index (χ3n) is 4.77. The van der Waals surface area contributed by atoms with Gasteiger partial charge in [-0.25, -0.2) is 4.98 Å². The lowest BCUT2D eigenvalue weighted by molar-refractivity contribution is -0.130. The van der Waals surface area contributed by atoms with Crippen LogP contribution in [0.1, 0.15) is 31.7 Å². The average molecular weight is 362 g/mol. The summed E-state index contributed by atoms with van der Waals surface area (Å²) in [4.78, 5) is 20.7. The minimum absolute atomic E-state index is 0.148. The second-order valence-electron chi connectivity index (χ2n) is 6.51. The molecule has 134 valence electrons. The van der Waals surface area contributed by atoms with E-state index in [9.17, 15) is 4.79 Å². The Labute approximate surface area is 153 Å². The molecule has 25 heavy (non-hydrogen) atoms. The topological polar surface area (TPSA) is 49.6 Å². The number of likely N-dealkylation sites (tertiary alicyclic amines) is 1. The minimum atomic E-state index is 0.148. The first-order valence-corrected chi connectivity index (χ1v) is 9.07. The quantitative estimate of drug-likeness (QED) is 0.813. The van der Waals surface area contributed by atoms with E-state index >= 15 is 0 Å². The van der Waals surface area contributed by atoms with Crippen molar-refractivity contribution in [3.8, 4) is 11.5 Å². The lowest BCUT2D eigenvalue weighted by Gasteiger charge is -2.26. The number of carbonyl (C=O) groups excluding carboxylic acids is 1. The van der Waals surface area contributed by atoms with E-state index in [-0.39, 0.29) is 5.91 Å². The predicted molar refractivity (Wildman–Crippen MR) is 98.4 cm³/mol. The Morgan fingerprint density at radius 3 is 2.96 bits per heavy atom. The molecule has 1 amide bonds. The Balaban J connectivity index is 1.69. The fraction of sp³-hybridized carbons (Fsp3) is 0.474. The first kappa shape index (κ1) is 18.0. The Morgan fingerprint density at radius 1 is 1.48 bits per heavy atom. The molecule has 1 aliphatic rings. The second kappa shape index (κ2) is 7.58. The Hall–Kier alpha value is -1.85. The molecule has 0 aliphatic carbocycles. The fourth-order valence-corrected chi connectivity index (χ4v) is 3.67. The van der Waals surface area contributed by atoms with Crippen molar-refractivity contribution in [3.63, 3.8) is 0 Å². The number of aromatic nitrogens is 1. The van der Waals surface area contributed by atoms with Crippen LogP contribution >= 0.6 is 11.6 Å². The van der Waals surface area contributed by atoms with Crippen molar-refractivity contribution in [3.05, 3.63) is 40.7 Å². The first-order chi connectivity index (χ1) is 12.0. The molecule has 2 heterocycles. The summed E-state index contributed by atoms with van der Waals surface area (Å²) in [5, 5.41) is 0.668. The molecule has 1 aliphatic heterocycles. The summed E-state index contributed by atoms with van der Waals surface area (Å²) < 4.78 is 5.84. The molecule has 1 aromatic carbocycles. The highest BCUT2D eigenvalue weighted by atomic mass is 35.5. The number of likely N-dealkylation sites (N-methyl/N-ethyl adjacent to an activating group) is 1. The van der Waals surface area contributed by atoms with Crippen LogP contribution in [0.5, 0.6) is 0 Å². The molecule has 0 bridgehead atoms. The van der Waals surface area contributed by atoms with E-state index in [1.54, 1.807) is 6.92 Å². The molecule has 0 saturated carbocycles. The summed E-state index contributed by atoms with van der Waals surface area (Å²) in [6.45, 7) is 8.96. The van der Waals surface area contributed by atoms with E-state index in [4.69, 9.17) is 16.0 Å². The molecule has 1 fully saturated rings. The van der Waals surface area contributed by atoms with Crippen molar-refractivity contribution in [1.29, 1.82) is 0 Å². The van der Waals surface area contributed by atoms with E-state index < -0.39 is 0 Å². The number of nitrogens with zero attached hydrogens (tertiary/aromatic N) is 3. The van der Waals surface area contributed by atoms with E-state index in [2.05, 4.69) is 9.88 Å². The lowest BCUT2D eigenvalue weighted by atomic mass is 10.2. The SMILES string of the molecule is CCN(C(C)=O)C1CCN(Cc2nc(-c3cccc(Cl)c3)oc2C)C1. The molecule has 0 spiro atoms. The van der Waals surface area contributed by atoms with Gasteiger partial charge in [0.2, 0.25) is 11.8 Å². The zero-order chi connectivity index (χ0) is 18.0. The van der Waals surface area contributed by atoms with E-state index in [0.29, 0.717) is 17.0 Å². The van der Waals surface area contributed by atoms with Gasteiger partial charge in [-0.3, -0.25) is 9.69 Å². The first-order valence-electron chi connectivity index (χ1n) is 8.69. The number of oxazole rings is 1. The number of carbonyl (C=O) groups is 1. The molecule has 5 nitrogen and oxygen atoms in total. The summed E-state index contributed by atoms with van der Waals surface area (Å²) in [7, 11) is 0. The number of amides is 1. The summed E-state index contributed by atoms with van der Waals surface area (Å²) >= 11 is 6.05. The highest BCUT2D eigenvalue weighted by molar-refractivity contribution is 6.30. The van der Waals surface area contributed by atoms with Crippen molar-refractivity contribution in [2.75, 3.05) is 19.6 Å². The van der Waals surface area contributed by atoms with Gasteiger partial charge in [0.15, 0.2) is 0 Å². The number of aryl methyl sites for hydroxylation is 1. The summed E-state index contributed by atoms with van der Waals surface area (Å²) in [6, 6.07) is 7.82. The van der Waals surface area contributed by atoms with Crippen LogP contribution in [0.3, 0.4) is 0 Å². The normalized spacial score (nSPS) is 17.8. The third-order valence-corrected chi connectivity index (χ3v) is 5.01. The maximum Gasteiger partial charge on any atom is 0.226 e. The Morgan fingerprint density at radius 2 is 2.28 bits per heavy atom. The number of halogens is 1. The van der Waals surface area contributed by atoms with E-state index in [1.165, 1.54) is 0 Å². The summed E-state index contributed by atoms with van der Waals surface area (Å²) in [5.41, 5.74) is 1.83. The number of hydrogen-bond acceptors (Lipinski definition) is 4. The van der Waals surface area contributed by atoms with Gasteiger partial charge in [-0.2, -0.15) is 0 Å². The average Bonchev–Trinajstić information content (AvgIpc) is 3.16. The van der Waals surface area contributed by atoms with Crippen LogP contribution in [0.25, 0.3) is 11.5 Å². The molecular formula is C19H24ClN3O2. The minimum Gasteiger partial charge on any atom is -0.441 e. The van der Waals surface area contributed by atoms with Crippen LogP contribution in [-0.2, 0) is 11.3 Å². The smallest absolute Gasteiger partial charge is 0.226 e. The summed E-state index contributed by atoms with van der Waals surface area (Å²) in [6.07, 6.45) is 1.01. The van der Waals surface area contributed by atoms with Crippen LogP contribution in [0.2, 0.25) is 5.02 Å². The number of benzene rings is 1. The third kappa shape index (κ3) is 4.05. The Bertz CT molecular complexity index is 759. The molecule has 0 radical (unpaired) electrons. The summed E-state index contributed by atoms with van der Waals surface area (Å²) in [5.74, 6) is 1.58. The molecule has 0 N–H and O–H groups in total. The molecule has 1 saturated heterocycles. The van der Waals surface area contributed by atoms with Gasteiger partial charge in [0.1, 0.15) is 5.76 Å². The van der Waals surface area contributed by atoms with Gasteiger partial charge >= 0.3 is 0 Å². The monoisotopic (exact) mass is 361 g/mol. The van der Waals surface area contributed by atoms with Crippen molar-refractivity contribution < 1.29 is 9.21 Å². The zero-order valence-electron chi connectivity index (χ0n) is 15.0. The van der Waals surface area contributed by atoms with Gasteiger partial charge in [0.05, 0.1) is 5.69 Å². The van der Waals surface area contributed by atoms with Gasteiger partial charge < -0.3 is 9.32 Å². The number of hydrogen-bond donors (Lipinski definition) is 0. The fourth-order valence-electron chi connectivity index (χ4n) is 3.48. The maximum atomic E-state index is 11.7. The van der Waals surface area contributed by atoms with Crippen LogP contribution in [0.15, 0.2) is 28.7 Å². The van der Waals surface area contributed by atoms with Crippen LogP contribution in [-0.4, -0.2) is 46.4 Å². The molecule has 1 aromatic heterocycles. The molecule has 1 atom stereocenters. The lowest BCUT2D eigenvalue weighted by Crippen LogP contribution is -2.40. The standard InChI is InChI=1S/C19H24ClN3O2/c1-4-23(14(3)24)17-8-9-22(11-17)12-18-13(2)25-19(21-18)15-6-5-7-16(20)10-15/h5-7,10,17H,4,8-9,11-12H2,1-3H3. The maximum absolute atomic E-state index is 11.7. The largest absolute Gasteiger partial charge is 0.441 e. The van der Waals surface area contributed by atoms with Gasteiger partial charge in [-0.15, -0.1) is 0 Å². The van der Waals surface area contributed by atoms with E-state index in [1.807, 2.05) is 43.0 Å². The van der Waals surface area contributed by atoms with Gasteiger partial charge in [-0.05, 0) is 38.5 Å². The zero-order valence-corrected chi connectivity index (χ0v) is 15.7. The Kier molecular flexibility index (Phi) is 5.45. The van der Waals surface area contributed by atoms with Crippen molar-refractivity contribution in [1.82, 2.24) is 14.8 Å². The highest BCUT2D eigenvalue weighted by Crippen LogP contribution is 2.26. The molecule has 3 rings (SSSR count). The predicted octanol–water partition coefficient (Wildman–Crippen LogP) is 3.75. The molecule has 2 aromatic rings.